The maximum absolute atomic E-state index is 12.5. The van der Waals surface area contributed by atoms with Crippen molar-refractivity contribution in [1.82, 2.24) is 9.62 Å². The van der Waals surface area contributed by atoms with Gasteiger partial charge in [-0.05, 0) is 38.0 Å². The summed E-state index contributed by atoms with van der Waals surface area (Å²) in [6.07, 6.45) is 5.57. The molecule has 0 aromatic heterocycles. The fourth-order valence-electron chi connectivity index (χ4n) is 2.53. The van der Waals surface area contributed by atoms with E-state index in [0.717, 1.165) is 17.7 Å². The third-order valence-corrected chi connectivity index (χ3v) is 5.85. The van der Waals surface area contributed by atoms with Crippen LogP contribution in [0.2, 0.25) is 0 Å². The molecule has 1 N–H and O–H groups in total. The van der Waals surface area contributed by atoms with E-state index in [4.69, 9.17) is 5.26 Å². The van der Waals surface area contributed by atoms with Crippen molar-refractivity contribution in [3.8, 4) is 6.07 Å². The number of carbonyl (C=O) groups excluding carboxylic acids is 2. The van der Waals surface area contributed by atoms with Gasteiger partial charge in [0.15, 0.2) is 0 Å². The summed E-state index contributed by atoms with van der Waals surface area (Å²) in [4.78, 5) is 29.0. The van der Waals surface area contributed by atoms with Crippen LogP contribution in [0.4, 0.5) is 4.79 Å². The summed E-state index contributed by atoms with van der Waals surface area (Å²) in [5, 5.41) is 8.62. The van der Waals surface area contributed by atoms with Gasteiger partial charge in [0.2, 0.25) is 15.9 Å². The van der Waals surface area contributed by atoms with Crippen molar-refractivity contribution in [2.75, 3.05) is 6.54 Å². The number of urea groups is 1. The summed E-state index contributed by atoms with van der Waals surface area (Å²) in [5.74, 6) is -1.49. The van der Waals surface area contributed by atoms with Crippen LogP contribution in [0.5, 0.6) is 0 Å². The molecule has 9 heteroatoms. The third-order valence-electron chi connectivity index (χ3n) is 4.19. The molecule has 24 heavy (non-hydrogen) atoms. The van der Waals surface area contributed by atoms with Crippen LogP contribution in [0, 0.1) is 17.2 Å². The van der Waals surface area contributed by atoms with E-state index < -0.39 is 33.4 Å². The van der Waals surface area contributed by atoms with Gasteiger partial charge in [0.1, 0.15) is 5.92 Å². The molecule has 3 rings (SSSR count). The molecule has 1 heterocycles. The summed E-state index contributed by atoms with van der Waals surface area (Å²) >= 11 is 0. The van der Waals surface area contributed by atoms with E-state index in [9.17, 15) is 18.0 Å². The number of amides is 3. The van der Waals surface area contributed by atoms with E-state index in [1.165, 1.54) is 18.2 Å². The first kappa shape index (κ1) is 16.5. The van der Waals surface area contributed by atoms with Gasteiger partial charge in [-0.25, -0.2) is 17.9 Å². The van der Waals surface area contributed by atoms with Gasteiger partial charge in [-0.15, -0.1) is 0 Å². The molecule has 2 aliphatic carbocycles. The van der Waals surface area contributed by atoms with Gasteiger partial charge in [0.25, 0.3) is 0 Å². The molecule has 1 fully saturated rings. The molecule has 3 amide bonds. The average Bonchev–Trinajstić information content (AvgIpc) is 3.23. The minimum Gasteiger partial charge on any atom is -0.273 e. The first-order valence-electron chi connectivity index (χ1n) is 7.50. The van der Waals surface area contributed by atoms with Crippen molar-refractivity contribution in [2.45, 2.75) is 31.7 Å². The van der Waals surface area contributed by atoms with Gasteiger partial charge >= 0.3 is 6.03 Å². The van der Waals surface area contributed by atoms with Crippen LogP contribution >= 0.6 is 0 Å². The smallest absolute Gasteiger partial charge is 0.273 e. The number of allylic oxidation sites excluding steroid dienone is 2. The minimum absolute atomic E-state index is 0.000324. The van der Waals surface area contributed by atoms with Crippen molar-refractivity contribution in [3.05, 3.63) is 23.1 Å². The standard InChI is InChI=1S/C15H16N4O4S/c1-15(5-6-15)18-24(22,23)10-3-4-12-11(9-10)13(20)19(8-2-7-16)14(21)17-12/h3-4,9,11,18H,2,5-6,8H2,1H3. The van der Waals surface area contributed by atoms with Crippen molar-refractivity contribution >= 4 is 27.7 Å². The van der Waals surface area contributed by atoms with E-state index in [0.29, 0.717) is 0 Å². The Hall–Kier alpha value is -2.31. The first-order valence-corrected chi connectivity index (χ1v) is 8.99. The summed E-state index contributed by atoms with van der Waals surface area (Å²) in [7, 11) is -3.74. The molecule has 0 saturated heterocycles. The van der Waals surface area contributed by atoms with Crippen LogP contribution < -0.4 is 4.72 Å². The fraction of sp³-hybridized carbons (Fsp3) is 0.467. The van der Waals surface area contributed by atoms with Gasteiger partial charge in [-0.2, -0.15) is 10.3 Å². The van der Waals surface area contributed by atoms with Crippen LogP contribution in [0.15, 0.2) is 28.1 Å². The number of sulfonamides is 1. The lowest BCUT2D eigenvalue weighted by molar-refractivity contribution is -0.129. The molecule has 1 unspecified atom stereocenters. The highest BCUT2D eigenvalue weighted by atomic mass is 32.2. The van der Waals surface area contributed by atoms with Gasteiger partial charge in [-0.3, -0.25) is 9.69 Å². The number of aliphatic imine (C=N–C) groups is 1. The topological polar surface area (TPSA) is 120 Å². The zero-order valence-corrected chi connectivity index (χ0v) is 13.8. The highest BCUT2D eigenvalue weighted by Gasteiger charge is 2.43. The molecular weight excluding hydrogens is 332 g/mol. The molecule has 0 aromatic carbocycles. The van der Waals surface area contributed by atoms with E-state index >= 15 is 0 Å². The number of hydrogen-bond acceptors (Lipinski definition) is 5. The van der Waals surface area contributed by atoms with E-state index in [1.807, 2.05) is 13.0 Å². The molecule has 1 aliphatic heterocycles. The number of rotatable bonds is 5. The number of carbonyl (C=O) groups is 2. The number of hydrogen-bond donors (Lipinski definition) is 1. The number of nitrogens with one attached hydrogen (secondary N) is 1. The monoisotopic (exact) mass is 348 g/mol. The Morgan fingerprint density at radius 1 is 1.42 bits per heavy atom. The zero-order chi connectivity index (χ0) is 17.5. The van der Waals surface area contributed by atoms with Crippen LogP contribution in [0.25, 0.3) is 0 Å². The van der Waals surface area contributed by atoms with Crippen LogP contribution in [-0.2, 0) is 14.8 Å². The second-order valence-electron chi connectivity index (χ2n) is 6.26. The van der Waals surface area contributed by atoms with Gasteiger partial charge in [-0.1, -0.05) is 0 Å². The molecule has 3 aliphatic rings. The van der Waals surface area contributed by atoms with Crippen LogP contribution in [0.3, 0.4) is 0 Å². The first-order chi connectivity index (χ1) is 11.3. The van der Waals surface area contributed by atoms with Crippen LogP contribution in [-0.4, -0.2) is 43.1 Å². The number of fused-ring (bicyclic) bond motifs is 1. The molecule has 0 radical (unpaired) electrons. The predicted octanol–water partition coefficient (Wildman–Crippen LogP) is 0.845. The number of nitriles is 1. The highest BCUT2D eigenvalue weighted by Crippen LogP contribution is 2.36. The third kappa shape index (κ3) is 3.02. The van der Waals surface area contributed by atoms with Crippen LogP contribution in [0.1, 0.15) is 26.2 Å². The summed E-state index contributed by atoms with van der Waals surface area (Å²) in [6, 6.07) is 1.14. The Morgan fingerprint density at radius 2 is 2.12 bits per heavy atom. The molecule has 8 nitrogen and oxygen atoms in total. The van der Waals surface area contributed by atoms with E-state index in [-0.39, 0.29) is 23.6 Å². The van der Waals surface area contributed by atoms with Gasteiger partial charge in [0, 0.05) is 12.1 Å². The Labute approximate surface area is 139 Å². The van der Waals surface area contributed by atoms with Crippen molar-refractivity contribution < 1.29 is 18.0 Å². The van der Waals surface area contributed by atoms with E-state index in [2.05, 4.69) is 9.71 Å². The second-order valence-corrected chi connectivity index (χ2v) is 7.95. The number of imide groups is 1. The van der Waals surface area contributed by atoms with E-state index in [1.54, 1.807) is 0 Å². The quantitative estimate of drug-likeness (QED) is 0.789. The molecular formula is C15H16N4O4S. The maximum atomic E-state index is 12.5. The van der Waals surface area contributed by atoms with Crippen molar-refractivity contribution in [2.24, 2.45) is 10.9 Å². The fourth-order valence-corrected chi connectivity index (χ4v) is 4.07. The Morgan fingerprint density at radius 3 is 2.75 bits per heavy atom. The Bertz CT molecular complexity index is 843. The summed E-state index contributed by atoms with van der Waals surface area (Å²) in [6.45, 7) is 1.76. The van der Waals surface area contributed by atoms with Gasteiger partial charge in [0.05, 0.1) is 23.1 Å². The maximum Gasteiger partial charge on any atom is 0.350 e. The molecule has 126 valence electrons. The number of nitrogens with zero attached hydrogens (tertiary/aromatic N) is 3. The largest absolute Gasteiger partial charge is 0.350 e. The lowest BCUT2D eigenvalue weighted by Crippen LogP contribution is -2.47. The molecule has 0 bridgehead atoms. The minimum atomic E-state index is -3.74. The normalized spacial score (nSPS) is 24.8. The Balaban J connectivity index is 1.88. The highest BCUT2D eigenvalue weighted by molar-refractivity contribution is 7.93. The molecule has 0 aromatic rings. The molecule has 0 spiro atoms. The van der Waals surface area contributed by atoms with Crippen molar-refractivity contribution in [1.29, 1.82) is 5.26 Å². The van der Waals surface area contributed by atoms with Gasteiger partial charge < -0.3 is 0 Å². The van der Waals surface area contributed by atoms with Crippen molar-refractivity contribution in [3.63, 3.8) is 0 Å². The lowest BCUT2D eigenvalue weighted by atomic mass is 9.95. The summed E-state index contributed by atoms with van der Waals surface area (Å²) < 4.78 is 27.5. The molecule has 1 saturated carbocycles. The predicted molar refractivity (Wildman–Crippen MR) is 85.2 cm³/mol. The summed E-state index contributed by atoms with van der Waals surface area (Å²) in [5.41, 5.74) is -0.206. The average molecular weight is 348 g/mol. The lowest BCUT2D eigenvalue weighted by Gasteiger charge is -2.28. The second kappa shape index (κ2) is 5.65. The molecule has 1 atom stereocenters. The zero-order valence-electron chi connectivity index (χ0n) is 13.0. The SMILES string of the molecule is CC1(NS(=O)(=O)C2=CC3C(=O)N(CCC#N)C(=O)N=C3C=C2)CC1. The Kier molecular flexibility index (Phi) is 3.89.